The van der Waals surface area contributed by atoms with Crippen LogP contribution in [0.15, 0.2) is 91.1 Å². The fourth-order valence-electron chi connectivity index (χ4n) is 3.13. The van der Waals surface area contributed by atoms with Crippen molar-refractivity contribution < 1.29 is 14.3 Å². The molecule has 0 bridgehead atoms. The molecule has 1 aromatic heterocycles. The number of carbonyl (C=O) groups excluding carboxylic acids is 1. The normalized spacial score (nSPS) is 10.5. The topological polar surface area (TPSA) is 73.3 Å². The van der Waals surface area contributed by atoms with Crippen LogP contribution in [-0.2, 0) is 6.54 Å². The molecule has 0 saturated carbocycles. The molecular weight excluding hydrogens is 414 g/mol. The van der Waals surface area contributed by atoms with Gasteiger partial charge in [-0.05, 0) is 48.4 Å². The second-order valence-electron chi connectivity index (χ2n) is 7.39. The number of hydrogen-bond acceptors (Lipinski definition) is 5. The van der Waals surface area contributed by atoms with E-state index in [9.17, 15) is 4.79 Å². The average Bonchev–Trinajstić information content (AvgIpc) is 2.87. The molecule has 6 heteroatoms. The molecule has 0 aliphatic rings. The summed E-state index contributed by atoms with van der Waals surface area (Å²) >= 11 is 0. The van der Waals surface area contributed by atoms with E-state index in [1.807, 2.05) is 66.7 Å². The second-order valence-corrected chi connectivity index (χ2v) is 7.39. The zero-order valence-corrected chi connectivity index (χ0v) is 18.4. The molecule has 4 aromatic rings. The summed E-state index contributed by atoms with van der Waals surface area (Å²) < 4.78 is 11.4. The number of aromatic nitrogens is 2. The van der Waals surface area contributed by atoms with Crippen molar-refractivity contribution in [2.24, 2.45) is 0 Å². The minimum Gasteiger partial charge on any atom is -0.494 e. The summed E-state index contributed by atoms with van der Waals surface area (Å²) in [7, 11) is 0. The van der Waals surface area contributed by atoms with E-state index in [0.29, 0.717) is 36.2 Å². The van der Waals surface area contributed by atoms with Crippen LogP contribution >= 0.6 is 0 Å². The van der Waals surface area contributed by atoms with Crippen molar-refractivity contribution in [3.63, 3.8) is 0 Å². The van der Waals surface area contributed by atoms with Gasteiger partial charge in [0.25, 0.3) is 5.91 Å². The van der Waals surface area contributed by atoms with E-state index in [1.54, 1.807) is 24.4 Å². The van der Waals surface area contributed by atoms with E-state index in [1.165, 1.54) is 0 Å². The van der Waals surface area contributed by atoms with Gasteiger partial charge in [0.2, 0.25) is 5.88 Å². The molecule has 1 amide bonds. The van der Waals surface area contributed by atoms with Crippen LogP contribution in [0.1, 0.15) is 29.3 Å². The minimum atomic E-state index is -0.144. The van der Waals surface area contributed by atoms with E-state index < -0.39 is 0 Å². The molecule has 0 atom stereocenters. The van der Waals surface area contributed by atoms with Crippen LogP contribution in [0.4, 0.5) is 0 Å². The smallest absolute Gasteiger partial charge is 0.251 e. The monoisotopic (exact) mass is 439 g/mol. The van der Waals surface area contributed by atoms with Crippen LogP contribution in [-0.4, -0.2) is 22.5 Å². The van der Waals surface area contributed by atoms with Crippen LogP contribution in [0.2, 0.25) is 0 Å². The van der Waals surface area contributed by atoms with Crippen molar-refractivity contribution in [2.45, 2.75) is 19.9 Å². The summed E-state index contributed by atoms with van der Waals surface area (Å²) in [5.41, 5.74) is 2.37. The van der Waals surface area contributed by atoms with Crippen molar-refractivity contribution >= 4 is 5.91 Å². The largest absolute Gasteiger partial charge is 0.494 e. The average molecular weight is 440 g/mol. The number of amides is 1. The molecule has 1 N–H and O–H groups in total. The molecule has 0 unspecified atom stereocenters. The Morgan fingerprint density at radius 1 is 0.879 bits per heavy atom. The van der Waals surface area contributed by atoms with E-state index in [-0.39, 0.29) is 5.91 Å². The number of rotatable bonds is 9. The Balaban J connectivity index is 1.36. The Morgan fingerprint density at radius 2 is 1.64 bits per heavy atom. The lowest BCUT2D eigenvalue weighted by Crippen LogP contribution is -2.22. The number of nitrogens with one attached hydrogen (secondary N) is 1. The third-order valence-electron chi connectivity index (χ3n) is 4.85. The summed E-state index contributed by atoms with van der Waals surface area (Å²) in [6.45, 7) is 3.21. The van der Waals surface area contributed by atoms with E-state index in [0.717, 1.165) is 23.3 Å². The molecule has 1 heterocycles. The van der Waals surface area contributed by atoms with E-state index in [4.69, 9.17) is 9.47 Å². The highest BCUT2D eigenvalue weighted by molar-refractivity contribution is 5.94. The Bertz CT molecular complexity index is 1180. The van der Waals surface area contributed by atoms with Crippen molar-refractivity contribution in [1.29, 1.82) is 0 Å². The van der Waals surface area contributed by atoms with Crippen LogP contribution in [0.25, 0.3) is 11.4 Å². The first-order valence-electron chi connectivity index (χ1n) is 10.9. The Labute approximate surface area is 193 Å². The SMILES string of the molecule is CCCOc1ccc(CNC(=O)c2ccc(-c3nccc(Oc4ccccc4)n3)cc2)cc1. The summed E-state index contributed by atoms with van der Waals surface area (Å²) in [4.78, 5) is 21.3. The third-order valence-corrected chi connectivity index (χ3v) is 4.85. The third kappa shape index (κ3) is 6.17. The van der Waals surface area contributed by atoms with Crippen LogP contribution in [0.5, 0.6) is 17.4 Å². The molecule has 0 aliphatic carbocycles. The first kappa shape index (κ1) is 22.0. The number of benzene rings is 3. The molecule has 0 saturated heterocycles. The highest BCUT2D eigenvalue weighted by Gasteiger charge is 2.09. The first-order chi connectivity index (χ1) is 16.2. The van der Waals surface area contributed by atoms with Crippen molar-refractivity contribution in [2.75, 3.05) is 6.61 Å². The van der Waals surface area contributed by atoms with Gasteiger partial charge in [-0.2, -0.15) is 4.98 Å². The maximum absolute atomic E-state index is 12.5. The summed E-state index contributed by atoms with van der Waals surface area (Å²) in [6, 6.07) is 26.1. The van der Waals surface area contributed by atoms with Gasteiger partial charge in [0.1, 0.15) is 11.5 Å². The number of para-hydroxylation sites is 1. The summed E-state index contributed by atoms with van der Waals surface area (Å²) in [5.74, 6) is 2.38. The fraction of sp³-hybridized carbons (Fsp3) is 0.148. The predicted octanol–water partition coefficient (Wildman–Crippen LogP) is 5.65. The summed E-state index contributed by atoms with van der Waals surface area (Å²) in [6.07, 6.45) is 2.62. The number of hydrogen-bond donors (Lipinski definition) is 1. The number of ether oxygens (including phenoxy) is 2. The Morgan fingerprint density at radius 3 is 2.36 bits per heavy atom. The van der Waals surface area contributed by atoms with Gasteiger partial charge in [0.15, 0.2) is 5.82 Å². The van der Waals surface area contributed by atoms with Crippen LogP contribution < -0.4 is 14.8 Å². The zero-order chi connectivity index (χ0) is 22.9. The lowest BCUT2D eigenvalue weighted by atomic mass is 10.1. The van der Waals surface area contributed by atoms with Gasteiger partial charge in [-0.1, -0.05) is 49.4 Å². The number of carbonyl (C=O) groups is 1. The maximum atomic E-state index is 12.5. The predicted molar refractivity (Wildman–Crippen MR) is 127 cm³/mol. The molecule has 0 radical (unpaired) electrons. The first-order valence-corrected chi connectivity index (χ1v) is 10.9. The quantitative estimate of drug-likeness (QED) is 0.365. The van der Waals surface area contributed by atoms with E-state index >= 15 is 0 Å². The summed E-state index contributed by atoms with van der Waals surface area (Å²) in [5, 5.41) is 2.94. The highest BCUT2D eigenvalue weighted by Crippen LogP contribution is 2.22. The molecule has 0 aliphatic heterocycles. The molecule has 3 aromatic carbocycles. The van der Waals surface area contributed by atoms with Gasteiger partial charge in [0.05, 0.1) is 6.61 Å². The molecule has 33 heavy (non-hydrogen) atoms. The molecule has 0 fully saturated rings. The lowest BCUT2D eigenvalue weighted by molar-refractivity contribution is 0.0951. The van der Waals surface area contributed by atoms with Gasteiger partial charge in [0, 0.05) is 29.9 Å². The second kappa shape index (κ2) is 10.9. The van der Waals surface area contributed by atoms with Crippen molar-refractivity contribution in [1.82, 2.24) is 15.3 Å². The molecule has 4 rings (SSSR count). The molecule has 0 spiro atoms. The zero-order valence-electron chi connectivity index (χ0n) is 18.4. The van der Waals surface area contributed by atoms with Crippen LogP contribution in [0.3, 0.4) is 0 Å². The van der Waals surface area contributed by atoms with Gasteiger partial charge < -0.3 is 14.8 Å². The van der Waals surface area contributed by atoms with Crippen molar-refractivity contribution in [3.05, 3.63) is 102 Å². The molecular formula is C27H25N3O3. The van der Waals surface area contributed by atoms with Gasteiger partial charge in [-0.25, -0.2) is 4.98 Å². The lowest BCUT2D eigenvalue weighted by Gasteiger charge is -2.09. The highest BCUT2D eigenvalue weighted by atomic mass is 16.5. The van der Waals surface area contributed by atoms with Gasteiger partial charge in [-0.15, -0.1) is 0 Å². The van der Waals surface area contributed by atoms with Gasteiger partial charge in [-0.3, -0.25) is 4.79 Å². The molecule has 166 valence electrons. The maximum Gasteiger partial charge on any atom is 0.251 e. The fourth-order valence-corrected chi connectivity index (χ4v) is 3.13. The van der Waals surface area contributed by atoms with Crippen molar-refractivity contribution in [3.8, 4) is 28.8 Å². The van der Waals surface area contributed by atoms with Crippen LogP contribution in [0, 0.1) is 0 Å². The van der Waals surface area contributed by atoms with E-state index in [2.05, 4.69) is 22.2 Å². The standard InChI is InChI=1S/C27H25N3O3/c1-2-18-32-23-14-8-20(9-15-23)19-29-27(31)22-12-10-21(11-13-22)26-28-17-16-25(30-26)33-24-6-4-3-5-7-24/h3-17H,2,18-19H2,1H3,(H,29,31). The Kier molecular flexibility index (Phi) is 7.28. The van der Waals surface area contributed by atoms with Gasteiger partial charge >= 0.3 is 0 Å². The number of nitrogens with zero attached hydrogens (tertiary/aromatic N) is 2. The molecule has 6 nitrogen and oxygen atoms in total. The Hall–Kier alpha value is -4.19. The minimum absolute atomic E-state index is 0.144.